The van der Waals surface area contributed by atoms with Crippen LogP contribution in [0.5, 0.6) is 0 Å². The molecule has 0 N–H and O–H groups in total. The summed E-state index contributed by atoms with van der Waals surface area (Å²) in [6, 6.07) is 10.1. The highest BCUT2D eigenvalue weighted by Gasteiger charge is 2.28. The van der Waals surface area contributed by atoms with Crippen LogP contribution in [-0.2, 0) is 0 Å². The summed E-state index contributed by atoms with van der Waals surface area (Å²) in [6.07, 6.45) is 1.53. The number of aryl methyl sites for hydroxylation is 1. The third-order valence-electron chi connectivity index (χ3n) is 5.42. The zero-order valence-electron chi connectivity index (χ0n) is 16.3. The van der Waals surface area contributed by atoms with Crippen molar-refractivity contribution < 1.29 is 9.18 Å². The van der Waals surface area contributed by atoms with Gasteiger partial charge >= 0.3 is 0 Å². The van der Waals surface area contributed by atoms with Gasteiger partial charge in [0.25, 0.3) is 5.91 Å². The highest BCUT2D eigenvalue weighted by molar-refractivity contribution is 7.09. The first-order chi connectivity index (χ1) is 14.6. The minimum atomic E-state index is -0.317. The molecule has 0 spiro atoms. The minimum absolute atomic E-state index is 0.0242. The second kappa shape index (κ2) is 7.56. The SMILES string of the molecule is Cc1nc(C(=O)N2CCC(c3nnc4ccc(-c5ccccc5F)nn34)CC2)cs1. The summed E-state index contributed by atoms with van der Waals surface area (Å²) in [6.45, 7) is 3.15. The van der Waals surface area contributed by atoms with Gasteiger partial charge in [-0.25, -0.2) is 9.37 Å². The van der Waals surface area contributed by atoms with Gasteiger partial charge in [-0.1, -0.05) is 12.1 Å². The van der Waals surface area contributed by atoms with Crippen molar-refractivity contribution in [3.8, 4) is 11.3 Å². The van der Waals surface area contributed by atoms with Crippen molar-refractivity contribution in [2.45, 2.75) is 25.7 Å². The Labute approximate surface area is 176 Å². The maximum absolute atomic E-state index is 14.2. The second-order valence-electron chi connectivity index (χ2n) is 7.34. The number of hydrogen-bond donors (Lipinski definition) is 0. The molecule has 152 valence electrons. The van der Waals surface area contributed by atoms with E-state index in [-0.39, 0.29) is 17.6 Å². The summed E-state index contributed by atoms with van der Waals surface area (Å²) in [5.74, 6) is 0.538. The fourth-order valence-electron chi connectivity index (χ4n) is 3.84. The zero-order valence-corrected chi connectivity index (χ0v) is 17.1. The monoisotopic (exact) mass is 422 g/mol. The average molecular weight is 422 g/mol. The standard InChI is InChI=1S/C21H19FN6OS/c1-13-23-18(12-30-13)21(29)27-10-8-14(9-11-27)20-25-24-19-7-6-17(26-28(19)20)15-4-2-3-5-16(15)22/h2-7,12,14H,8-11H2,1H3. The van der Waals surface area contributed by atoms with E-state index in [1.54, 1.807) is 34.8 Å². The molecule has 0 aliphatic carbocycles. The number of halogens is 1. The number of amides is 1. The largest absolute Gasteiger partial charge is 0.337 e. The summed E-state index contributed by atoms with van der Waals surface area (Å²) in [5.41, 5.74) is 2.12. The number of likely N-dealkylation sites (tertiary alicyclic amines) is 1. The number of benzene rings is 1. The van der Waals surface area contributed by atoms with Crippen molar-refractivity contribution in [3.63, 3.8) is 0 Å². The van der Waals surface area contributed by atoms with E-state index in [9.17, 15) is 9.18 Å². The zero-order chi connectivity index (χ0) is 20.7. The number of aromatic nitrogens is 5. The van der Waals surface area contributed by atoms with Gasteiger partial charge in [-0.05, 0) is 44.0 Å². The predicted molar refractivity (Wildman–Crippen MR) is 111 cm³/mol. The Morgan fingerprint density at radius 1 is 1.13 bits per heavy atom. The smallest absolute Gasteiger partial charge is 0.273 e. The van der Waals surface area contributed by atoms with Crippen LogP contribution in [-0.4, -0.2) is 48.7 Å². The molecule has 0 unspecified atom stereocenters. The van der Waals surface area contributed by atoms with Gasteiger partial charge in [0.1, 0.15) is 11.5 Å². The summed E-state index contributed by atoms with van der Waals surface area (Å²) >= 11 is 1.48. The summed E-state index contributed by atoms with van der Waals surface area (Å²) in [4.78, 5) is 18.8. The Bertz CT molecular complexity index is 1230. The highest BCUT2D eigenvalue weighted by atomic mass is 32.1. The second-order valence-corrected chi connectivity index (χ2v) is 8.41. The van der Waals surface area contributed by atoms with Gasteiger partial charge in [-0.2, -0.15) is 9.61 Å². The number of hydrogen-bond acceptors (Lipinski definition) is 6. The lowest BCUT2D eigenvalue weighted by Gasteiger charge is -2.30. The van der Waals surface area contributed by atoms with Gasteiger partial charge in [-0.15, -0.1) is 21.5 Å². The fraction of sp³-hybridized carbons (Fsp3) is 0.286. The molecule has 1 aliphatic rings. The van der Waals surface area contributed by atoms with Crippen molar-refractivity contribution >= 4 is 22.9 Å². The molecule has 1 amide bonds. The first-order valence-electron chi connectivity index (χ1n) is 9.79. The van der Waals surface area contributed by atoms with E-state index in [0.717, 1.165) is 23.7 Å². The van der Waals surface area contributed by atoms with Crippen LogP contribution in [0.4, 0.5) is 4.39 Å². The lowest BCUT2D eigenvalue weighted by molar-refractivity contribution is 0.0705. The van der Waals surface area contributed by atoms with E-state index in [0.29, 0.717) is 35.7 Å². The van der Waals surface area contributed by atoms with Crippen LogP contribution in [0.25, 0.3) is 16.9 Å². The van der Waals surface area contributed by atoms with Crippen LogP contribution >= 0.6 is 11.3 Å². The third kappa shape index (κ3) is 3.35. The minimum Gasteiger partial charge on any atom is -0.337 e. The molecule has 9 heteroatoms. The molecule has 4 heterocycles. The number of fused-ring (bicyclic) bond motifs is 1. The van der Waals surface area contributed by atoms with Gasteiger partial charge in [0.15, 0.2) is 11.5 Å². The van der Waals surface area contributed by atoms with E-state index in [4.69, 9.17) is 0 Å². The molecule has 4 aromatic rings. The lowest BCUT2D eigenvalue weighted by atomic mass is 9.96. The molecule has 30 heavy (non-hydrogen) atoms. The number of thiazole rings is 1. The van der Waals surface area contributed by atoms with Crippen LogP contribution < -0.4 is 0 Å². The summed E-state index contributed by atoms with van der Waals surface area (Å²) in [7, 11) is 0. The normalized spacial score (nSPS) is 15.1. The van der Waals surface area contributed by atoms with Crippen molar-refractivity contribution in [3.05, 3.63) is 64.1 Å². The van der Waals surface area contributed by atoms with Gasteiger partial charge in [0.2, 0.25) is 0 Å². The van der Waals surface area contributed by atoms with Crippen molar-refractivity contribution in [2.24, 2.45) is 0 Å². The van der Waals surface area contributed by atoms with Crippen molar-refractivity contribution in [1.82, 2.24) is 29.7 Å². The topological polar surface area (TPSA) is 76.3 Å². The van der Waals surface area contributed by atoms with Gasteiger partial charge in [0.05, 0.1) is 10.7 Å². The van der Waals surface area contributed by atoms with Crippen LogP contribution in [0.1, 0.15) is 40.1 Å². The number of carbonyl (C=O) groups excluding carboxylic acids is 1. The molecule has 3 aromatic heterocycles. The maximum Gasteiger partial charge on any atom is 0.273 e. The highest BCUT2D eigenvalue weighted by Crippen LogP contribution is 2.29. The van der Waals surface area contributed by atoms with E-state index >= 15 is 0 Å². The summed E-state index contributed by atoms with van der Waals surface area (Å²) in [5, 5.41) is 15.9. The van der Waals surface area contributed by atoms with E-state index < -0.39 is 0 Å². The molecule has 7 nitrogen and oxygen atoms in total. The Morgan fingerprint density at radius 2 is 1.93 bits per heavy atom. The molecule has 1 aliphatic heterocycles. The van der Waals surface area contributed by atoms with Crippen LogP contribution in [0, 0.1) is 12.7 Å². The number of carbonyl (C=O) groups is 1. The Balaban J connectivity index is 1.37. The molecule has 5 rings (SSSR count). The number of piperidine rings is 1. The Hall–Kier alpha value is -3.20. The van der Waals surface area contributed by atoms with Crippen LogP contribution in [0.2, 0.25) is 0 Å². The molecular weight excluding hydrogens is 403 g/mol. The molecule has 1 fully saturated rings. The van der Waals surface area contributed by atoms with Gasteiger partial charge in [-0.3, -0.25) is 4.79 Å². The van der Waals surface area contributed by atoms with Gasteiger partial charge in [0, 0.05) is 30.0 Å². The molecule has 0 bridgehead atoms. The van der Waals surface area contributed by atoms with Crippen LogP contribution in [0.3, 0.4) is 0 Å². The van der Waals surface area contributed by atoms with E-state index in [1.165, 1.54) is 17.4 Å². The first kappa shape index (κ1) is 18.8. The van der Waals surface area contributed by atoms with E-state index in [2.05, 4.69) is 20.3 Å². The van der Waals surface area contributed by atoms with Crippen molar-refractivity contribution in [2.75, 3.05) is 13.1 Å². The fourth-order valence-corrected chi connectivity index (χ4v) is 4.42. The summed E-state index contributed by atoms with van der Waals surface area (Å²) < 4.78 is 15.9. The molecule has 0 atom stereocenters. The first-order valence-corrected chi connectivity index (χ1v) is 10.7. The van der Waals surface area contributed by atoms with E-state index in [1.807, 2.05) is 17.2 Å². The predicted octanol–water partition coefficient (Wildman–Crippen LogP) is 3.72. The third-order valence-corrected chi connectivity index (χ3v) is 6.20. The molecule has 1 saturated heterocycles. The molecule has 0 saturated carbocycles. The Morgan fingerprint density at radius 3 is 2.67 bits per heavy atom. The number of rotatable bonds is 3. The molecule has 1 aromatic carbocycles. The van der Waals surface area contributed by atoms with Crippen molar-refractivity contribution in [1.29, 1.82) is 0 Å². The lowest BCUT2D eigenvalue weighted by Crippen LogP contribution is -2.38. The quantitative estimate of drug-likeness (QED) is 0.503. The average Bonchev–Trinajstić information content (AvgIpc) is 3.39. The Kier molecular flexibility index (Phi) is 4.74. The van der Waals surface area contributed by atoms with Gasteiger partial charge < -0.3 is 4.90 Å². The number of nitrogens with zero attached hydrogens (tertiary/aromatic N) is 6. The maximum atomic E-state index is 14.2. The molecule has 0 radical (unpaired) electrons. The van der Waals surface area contributed by atoms with Crippen LogP contribution in [0.15, 0.2) is 41.8 Å². The molecular formula is C21H19FN6OS.